The predicted octanol–water partition coefficient (Wildman–Crippen LogP) is -0.781. The van der Waals surface area contributed by atoms with E-state index in [2.05, 4.69) is 12.6 Å². The number of thiol groups is 1. The van der Waals surface area contributed by atoms with Gasteiger partial charge in [-0.2, -0.15) is 12.6 Å². The van der Waals surface area contributed by atoms with E-state index in [0.29, 0.717) is 4.90 Å². The van der Waals surface area contributed by atoms with Gasteiger partial charge in [-0.05, 0) is 0 Å². The summed E-state index contributed by atoms with van der Waals surface area (Å²) in [7, 11) is 0. The molecule has 1 aliphatic rings. The van der Waals surface area contributed by atoms with Crippen LogP contribution in [0.5, 0.6) is 0 Å². The Kier molecular flexibility index (Phi) is 4.11. The molecule has 0 aliphatic carbocycles. The van der Waals surface area contributed by atoms with Crippen LogP contribution in [0.25, 0.3) is 0 Å². The number of hydrogen-bond donors (Lipinski definition) is 3. The Bertz CT molecular complexity index is 364. The summed E-state index contributed by atoms with van der Waals surface area (Å²) in [5.74, 6) is -5.41. The lowest BCUT2D eigenvalue weighted by Crippen LogP contribution is -2.53. The lowest BCUT2D eigenvalue weighted by Gasteiger charge is -2.31. The van der Waals surface area contributed by atoms with Gasteiger partial charge in [0, 0.05) is 18.6 Å². The highest BCUT2D eigenvalue weighted by molar-refractivity contribution is 7.80. The third kappa shape index (κ3) is 2.76. The van der Waals surface area contributed by atoms with Gasteiger partial charge in [0.2, 0.25) is 11.8 Å². The SMILES string of the molecule is O=C(O)C1CC(=O)N(C(CS)C(=O)O)C(=O)C1. The van der Waals surface area contributed by atoms with Crippen LogP contribution in [-0.4, -0.2) is 50.7 Å². The van der Waals surface area contributed by atoms with Crippen molar-refractivity contribution in [1.29, 1.82) is 0 Å². The average molecular weight is 261 g/mol. The summed E-state index contributed by atoms with van der Waals surface area (Å²) in [5.41, 5.74) is 0. The van der Waals surface area contributed by atoms with Crippen molar-refractivity contribution >= 4 is 36.4 Å². The van der Waals surface area contributed by atoms with E-state index in [1.807, 2.05) is 0 Å². The Labute approximate surface area is 102 Å². The quantitative estimate of drug-likeness (QED) is 0.452. The van der Waals surface area contributed by atoms with Crippen LogP contribution in [0.15, 0.2) is 0 Å². The number of aliphatic carboxylic acids is 2. The fraction of sp³-hybridized carbons (Fsp3) is 0.556. The minimum Gasteiger partial charge on any atom is -0.481 e. The van der Waals surface area contributed by atoms with Crippen LogP contribution in [0.4, 0.5) is 0 Å². The van der Waals surface area contributed by atoms with Crippen LogP contribution in [0.3, 0.4) is 0 Å². The third-order valence-corrected chi connectivity index (χ3v) is 2.84. The molecule has 17 heavy (non-hydrogen) atoms. The van der Waals surface area contributed by atoms with Crippen molar-refractivity contribution in [3.63, 3.8) is 0 Å². The van der Waals surface area contributed by atoms with Crippen LogP contribution >= 0.6 is 12.6 Å². The first-order chi connectivity index (χ1) is 7.88. The molecule has 1 fully saturated rings. The van der Waals surface area contributed by atoms with Gasteiger partial charge in [-0.15, -0.1) is 0 Å². The number of carbonyl (C=O) groups excluding carboxylic acids is 2. The summed E-state index contributed by atoms with van der Waals surface area (Å²) >= 11 is 3.77. The van der Waals surface area contributed by atoms with Crippen LogP contribution in [0, 0.1) is 5.92 Å². The Balaban J connectivity index is 2.90. The molecule has 8 heteroatoms. The molecule has 1 aliphatic heterocycles. The average Bonchev–Trinajstić information content (AvgIpc) is 2.22. The van der Waals surface area contributed by atoms with Gasteiger partial charge in [-0.3, -0.25) is 19.3 Å². The number of rotatable bonds is 4. The zero-order chi connectivity index (χ0) is 13.2. The van der Waals surface area contributed by atoms with Crippen molar-refractivity contribution in [2.45, 2.75) is 18.9 Å². The van der Waals surface area contributed by atoms with Crippen molar-refractivity contribution in [2.75, 3.05) is 5.75 Å². The molecule has 1 unspecified atom stereocenters. The number of likely N-dealkylation sites (tertiary alicyclic amines) is 1. The van der Waals surface area contributed by atoms with Gasteiger partial charge in [0.15, 0.2) is 0 Å². The Morgan fingerprint density at radius 1 is 1.29 bits per heavy atom. The van der Waals surface area contributed by atoms with Crippen LogP contribution < -0.4 is 0 Å². The molecule has 1 heterocycles. The maximum absolute atomic E-state index is 11.6. The number of carboxylic acids is 2. The maximum atomic E-state index is 11.6. The normalized spacial score (nSPS) is 19.2. The van der Waals surface area contributed by atoms with E-state index >= 15 is 0 Å². The van der Waals surface area contributed by atoms with E-state index in [-0.39, 0.29) is 18.6 Å². The first-order valence-corrected chi connectivity index (χ1v) is 5.43. The highest BCUT2D eigenvalue weighted by Crippen LogP contribution is 2.22. The van der Waals surface area contributed by atoms with Crippen LogP contribution in [0.1, 0.15) is 12.8 Å². The number of nitrogens with zero attached hydrogens (tertiary/aromatic N) is 1. The number of hydrogen-bond acceptors (Lipinski definition) is 5. The van der Waals surface area contributed by atoms with Crippen molar-refractivity contribution in [1.82, 2.24) is 4.90 Å². The first-order valence-electron chi connectivity index (χ1n) is 4.79. The number of imide groups is 1. The smallest absolute Gasteiger partial charge is 0.327 e. The largest absolute Gasteiger partial charge is 0.481 e. The number of piperidine rings is 1. The van der Waals surface area contributed by atoms with E-state index in [1.165, 1.54) is 0 Å². The molecule has 1 rings (SSSR count). The van der Waals surface area contributed by atoms with Gasteiger partial charge in [-0.1, -0.05) is 0 Å². The summed E-state index contributed by atoms with van der Waals surface area (Å²) in [6.07, 6.45) is -0.725. The number of amides is 2. The second kappa shape index (κ2) is 5.17. The van der Waals surface area contributed by atoms with E-state index in [4.69, 9.17) is 10.2 Å². The molecule has 0 bridgehead atoms. The van der Waals surface area contributed by atoms with Gasteiger partial charge in [0.1, 0.15) is 6.04 Å². The molecule has 0 saturated carbocycles. The van der Waals surface area contributed by atoms with Gasteiger partial charge < -0.3 is 10.2 Å². The van der Waals surface area contributed by atoms with Crippen LogP contribution in [0.2, 0.25) is 0 Å². The fourth-order valence-corrected chi connectivity index (χ4v) is 1.94. The second-order valence-electron chi connectivity index (χ2n) is 3.64. The lowest BCUT2D eigenvalue weighted by molar-refractivity contribution is -0.164. The molecule has 0 aromatic rings. The molecule has 0 aromatic heterocycles. The Morgan fingerprint density at radius 3 is 2.06 bits per heavy atom. The molecule has 0 radical (unpaired) electrons. The molecule has 0 spiro atoms. The number of carboxylic acid groups (broad SMARTS) is 2. The molecular formula is C9H11NO6S. The van der Waals surface area contributed by atoms with E-state index in [0.717, 1.165) is 0 Å². The van der Waals surface area contributed by atoms with Crippen LogP contribution in [-0.2, 0) is 19.2 Å². The second-order valence-corrected chi connectivity index (χ2v) is 4.00. The minimum absolute atomic E-state index is 0.204. The zero-order valence-electron chi connectivity index (χ0n) is 8.70. The molecule has 7 nitrogen and oxygen atoms in total. The van der Waals surface area contributed by atoms with E-state index < -0.39 is 35.7 Å². The molecule has 0 aromatic carbocycles. The van der Waals surface area contributed by atoms with E-state index in [1.54, 1.807) is 0 Å². The fourth-order valence-electron chi connectivity index (χ4n) is 1.62. The van der Waals surface area contributed by atoms with Crippen molar-refractivity contribution < 1.29 is 29.4 Å². The molecule has 1 saturated heterocycles. The summed E-state index contributed by atoms with van der Waals surface area (Å²) in [4.78, 5) is 45.2. The Morgan fingerprint density at radius 2 is 1.76 bits per heavy atom. The van der Waals surface area contributed by atoms with Gasteiger partial charge >= 0.3 is 11.9 Å². The highest BCUT2D eigenvalue weighted by Gasteiger charge is 2.41. The van der Waals surface area contributed by atoms with Gasteiger partial charge in [-0.25, -0.2) is 4.79 Å². The molecule has 1 atom stereocenters. The summed E-state index contributed by atoms with van der Waals surface area (Å²) < 4.78 is 0. The predicted molar refractivity (Wildman–Crippen MR) is 57.5 cm³/mol. The number of carbonyl (C=O) groups is 4. The molecule has 94 valence electrons. The zero-order valence-corrected chi connectivity index (χ0v) is 9.59. The standard InChI is InChI=1S/C9H11NO6S/c11-6-1-4(8(13)14)2-7(12)10(6)5(3-17)9(15)16/h4-5,17H,1-3H2,(H,13,14)(H,15,16). The summed E-state index contributed by atoms with van der Waals surface area (Å²) in [6, 6.07) is -1.34. The summed E-state index contributed by atoms with van der Waals surface area (Å²) in [6.45, 7) is 0. The van der Waals surface area contributed by atoms with Crippen molar-refractivity contribution in [3.8, 4) is 0 Å². The minimum atomic E-state index is -1.34. The van der Waals surface area contributed by atoms with Gasteiger partial charge in [0.25, 0.3) is 0 Å². The maximum Gasteiger partial charge on any atom is 0.327 e. The third-order valence-electron chi connectivity index (χ3n) is 2.50. The lowest BCUT2D eigenvalue weighted by atomic mass is 9.95. The summed E-state index contributed by atoms with van der Waals surface area (Å²) in [5, 5.41) is 17.5. The van der Waals surface area contributed by atoms with Gasteiger partial charge in [0.05, 0.1) is 5.92 Å². The van der Waals surface area contributed by atoms with Crippen molar-refractivity contribution in [2.24, 2.45) is 5.92 Å². The topological polar surface area (TPSA) is 112 Å². The Hall–Kier alpha value is -1.57. The monoisotopic (exact) mass is 261 g/mol. The van der Waals surface area contributed by atoms with Crippen molar-refractivity contribution in [3.05, 3.63) is 0 Å². The highest BCUT2D eigenvalue weighted by atomic mass is 32.1. The first kappa shape index (κ1) is 13.5. The molecule has 2 N–H and O–H groups in total. The molecule has 2 amide bonds. The molecular weight excluding hydrogens is 250 g/mol. The van der Waals surface area contributed by atoms with E-state index in [9.17, 15) is 19.2 Å².